The lowest BCUT2D eigenvalue weighted by Gasteiger charge is -2.13. The molecule has 1 aromatic rings. The summed E-state index contributed by atoms with van der Waals surface area (Å²) in [5, 5.41) is 8.07. The second kappa shape index (κ2) is 4.08. The monoisotopic (exact) mass is 229 g/mol. The standard InChI is InChI=1S/C9H15N3O2S/c1-6(2)12-8-4-3-7(10)5-9(8)15(11,13)14/h3-6,12H,10H2,1-2H3,(H2,11,13,14). The number of rotatable bonds is 3. The Morgan fingerprint density at radius 1 is 1.33 bits per heavy atom. The zero-order valence-electron chi connectivity index (χ0n) is 8.69. The third kappa shape index (κ3) is 3.10. The molecule has 0 fully saturated rings. The molecule has 0 aliphatic heterocycles. The van der Waals surface area contributed by atoms with Crippen LogP contribution in [0.1, 0.15) is 13.8 Å². The Balaban J connectivity index is 3.27. The Morgan fingerprint density at radius 2 is 1.93 bits per heavy atom. The first-order chi connectivity index (χ1) is 6.80. The van der Waals surface area contributed by atoms with E-state index in [9.17, 15) is 8.42 Å². The normalized spacial score (nSPS) is 11.7. The van der Waals surface area contributed by atoms with Gasteiger partial charge in [0.25, 0.3) is 0 Å². The Morgan fingerprint density at radius 3 is 2.40 bits per heavy atom. The molecule has 0 aliphatic carbocycles. The van der Waals surface area contributed by atoms with E-state index in [0.717, 1.165) is 0 Å². The van der Waals surface area contributed by atoms with E-state index in [-0.39, 0.29) is 10.9 Å². The number of sulfonamides is 1. The van der Waals surface area contributed by atoms with Gasteiger partial charge >= 0.3 is 0 Å². The van der Waals surface area contributed by atoms with Crippen LogP contribution in [-0.2, 0) is 10.0 Å². The number of anilines is 2. The van der Waals surface area contributed by atoms with Crippen molar-refractivity contribution in [3.05, 3.63) is 18.2 Å². The van der Waals surface area contributed by atoms with Gasteiger partial charge in [0.1, 0.15) is 4.90 Å². The van der Waals surface area contributed by atoms with E-state index in [1.54, 1.807) is 12.1 Å². The molecule has 5 N–H and O–H groups in total. The van der Waals surface area contributed by atoms with Crippen molar-refractivity contribution >= 4 is 21.4 Å². The molecule has 1 aromatic carbocycles. The highest BCUT2D eigenvalue weighted by atomic mass is 32.2. The maximum Gasteiger partial charge on any atom is 0.240 e. The molecule has 0 atom stereocenters. The van der Waals surface area contributed by atoms with Crippen molar-refractivity contribution in [2.45, 2.75) is 24.8 Å². The molecule has 0 spiro atoms. The Kier molecular flexibility index (Phi) is 3.21. The third-order valence-corrected chi connectivity index (χ3v) is 2.71. The molecule has 0 aliphatic rings. The van der Waals surface area contributed by atoms with Gasteiger partial charge in [0.2, 0.25) is 10.0 Å². The lowest BCUT2D eigenvalue weighted by molar-refractivity contribution is 0.598. The number of nitrogens with one attached hydrogen (secondary N) is 1. The average molecular weight is 229 g/mol. The average Bonchev–Trinajstić information content (AvgIpc) is 2.05. The summed E-state index contributed by atoms with van der Waals surface area (Å²) in [6, 6.07) is 4.70. The van der Waals surface area contributed by atoms with E-state index in [1.807, 2.05) is 13.8 Å². The fraction of sp³-hybridized carbons (Fsp3) is 0.333. The highest BCUT2D eigenvalue weighted by Gasteiger charge is 2.14. The topological polar surface area (TPSA) is 98.2 Å². The van der Waals surface area contributed by atoms with E-state index >= 15 is 0 Å². The van der Waals surface area contributed by atoms with Crippen molar-refractivity contribution in [1.29, 1.82) is 0 Å². The maximum absolute atomic E-state index is 11.3. The van der Waals surface area contributed by atoms with Crippen molar-refractivity contribution in [3.63, 3.8) is 0 Å². The summed E-state index contributed by atoms with van der Waals surface area (Å²) in [6.07, 6.45) is 0. The lowest BCUT2D eigenvalue weighted by atomic mass is 10.2. The van der Waals surface area contributed by atoms with Crippen molar-refractivity contribution in [1.82, 2.24) is 0 Å². The summed E-state index contributed by atoms with van der Waals surface area (Å²) in [4.78, 5) is 0.0243. The largest absolute Gasteiger partial charge is 0.399 e. The second-order valence-electron chi connectivity index (χ2n) is 3.60. The quantitative estimate of drug-likeness (QED) is 0.666. The Labute approximate surface area is 89.5 Å². The molecule has 6 heteroatoms. The van der Waals surface area contributed by atoms with Crippen molar-refractivity contribution < 1.29 is 8.42 Å². The SMILES string of the molecule is CC(C)Nc1ccc(N)cc1S(N)(=O)=O. The molecule has 0 saturated carbocycles. The van der Waals surface area contributed by atoms with Gasteiger partial charge in [-0.2, -0.15) is 0 Å². The van der Waals surface area contributed by atoms with Gasteiger partial charge in [-0.3, -0.25) is 0 Å². The predicted octanol–water partition coefficient (Wildman–Crippen LogP) is 0.737. The number of benzene rings is 1. The van der Waals surface area contributed by atoms with Crippen LogP contribution in [0.3, 0.4) is 0 Å². The van der Waals surface area contributed by atoms with Gasteiger partial charge in [0, 0.05) is 11.7 Å². The lowest BCUT2D eigenvalue weighted by Crippen LogP contribution is -2.18. The highest BCUT2D eigenvalue weighted by molar-refractivity contribution is 7.89. The number of hydrogen-bond donors (Lipinski definition) is 3. The van der Waals surface area contributed by atoms with Gasteiger partial charge < -0.3 is 11.1 Å². The van der Waals surface area contributed by atoms with Crippen LogP contribution in [0.2, 0.25) is 0 Å². The van der Waals surface area contributed by atoms with E-state index in [4.69, 9.17) is 10.9 Å². The molecule has 1 rings (SSSR count). The minimum Gasteiger partial charge on any atom is -0.399 e. The van der Waals surface area contributed by atoms with Crippen LogP contribution in [0.4, 0.5) is 11.4 Å². The Bertz CT molecular complexity index is 454. The van der Waals surface area contributed by atoms with Gasteiger partial charge in [0.05, 0.1) is 5.69 Å². The molecule has 0 bridgehead atoms. The third-order valence-electron chi connectivity index (χ3n) is 1.76. The molecule has 0 aromatic heterocycles. The van der Waals surface area contributed by atoms with Crippen molar-refractivity contribution in [2.75, 3.05) is 11.1 Å². The molecular formula is C9H15N3O2S. The van der Waals surface area contributed by atoms with E-state index in [1.165, 1.54) is 6.07 Å². The fourth-order valence-corrected chi connectivity index (χ4v) is 1.94. The summed E-state index contributed by atoms with van der Waals surface area (Å²) in [5.74, 6) is 0. The van der Waals surface area contributed by atoms with Crippen LogP contribution in [0.5, 0.6) is 0 Å². The highest BCUT2D eigenvalue weighted by Crippen LogP contribution is 2.23. The Hall–Kier alpha value is -1.27. The molecule has 5 nitrogen and oxygen atoms in total. The number of hydrogen-bond acceptors (Lipinski definition) is 4. The summed E-state index contributed by atoms with van der Waals surface area (Å²) in [5.41, 5.74) is 6.35. The molecule has 0 amide bonds. The minimum absolute atomic E-state index is 0.0243. The summed E-state index contributed by atoms with van der Waals surface area (Å²) < 4.78 is 22.5. The predicted molar refractivity (Wildman–Crippen MR) is 61.0 cm³/mol. The van der Waals surface area contributed by atoms with Crippen LogP contribution in [-0.4, -0.2) is 14.5 Å². The van der Waals surface area contributed by atoms with E-state index < -0.39 is 10.0 Å². The van der Waals surface area contributed by atoms with Crippen molar-refractivity contribution in [2.24, 2.45) is 5.14 Å². The van der Waals surface area contributed by atoms with Crippen LogP contribution in [0, 0.1) is 0 Å². The van der Waals surface area contributed by atoms with Crippen molar-refractivity contribution in [3.8, 4) is 0 Å². The number of nitrogens with two attached hydrogens (primary N) is 2. The molecule has 15 heavy (non-hydrogen) atoms. The number of primary sulfonamides is 1. The van der Waals surface area contributed by atoms with Crippen LogP contribution in [0.25, 0.3) is 0 Å². The van der Waals surface area contributed by atoms with E-state index in [2.05, 4.69) is 5.32 Å². The number of nitrogen functional groups attached to an aromatic ring is 1. The molecule has 84 valence electrons. The summed E-state index contributed by atoms with van der Waals surface area (Å²) in [7, 11) is -3.74. The first kappa shape index (κ1) is 11.8. The smallest absolute Gasteiger partial charge is 0.240 e. The molecular weight excluding hydrogens is 214 g/mol. The van der Waals surface area contributed by atoms with Gasteiger partial charge in [-0.25, -0.2) is 13.6 Å². The van der Waals surface area contributed by atoms with Crippen LogP contribution >= 0.6 is 0 Å². The maximum atomic E-state index is 11.3. The van der Waals surface area contributed by atoms with Crippen LogP contribution < -0.4 is 16.2 Å². The van der Waals surface area contributed by atoms with Gasteiger partial charge in [-0.1, -0.05) is 0 Å². The van der Waals surface area contributed by atoms with E-state index in [0.29, 0.717) is 11.4 Å². The minimum atomic E-state index is -3.74. The molecule has 0 radical (unpaired) electrons. The molecule has 0 heterocycles. The van der Waals surface area contributed by atoms with Gasteiger partial charge in [0.15, 0.2) is 0 Å². The first-order valence-electron chi connectivity index (χ1n) is 4.49. The molecule has 0 unspecified atom stereocenters. The summed E-state index contributed by atoms with van der Waals surface area (Å²) in [6.45, 7) is 3.81. The summed E-state index contributed by atoms with van der Waals surface area (Å²) >= 11 is 0. The fourth-order valence-electron chi connectivity index (χ4n) is 1.20. The second-order valence-corrected chi connectivity index (χ2v) is 5.13. The first-order valence-corrected chi connectivity index (χ1v) is 6.04. The molecule has 0 saturated heterocycles. The van der Waals surface area contributed by atoms with Gasteiger partial charge in [-0.05, 0) is 32.0 Å². The zero-order chi connectivity index (χ0) is 11.6. The van der Waals surface area contributed by atoms with Crippen LogP contribution in [0.15, 0.2) is 23.1 Å². The van der Waals surface area contributed by atoms with Gasteiger partial charge in [-0.15, -0.1) is 0 Å². The zero-order valence-corrected chi connectivity index (χ0v) is 9.51.